The molecule has 0 heterocycles. The van der Waals surface area contributed by atoms with E-state index in [0.29, 0.717) is 12.2 Å². The molecule has 0 radical (unpaired) electrons. The van der Waals surface area contributed by atoms with E-state index in [9.17, 15) is 18.9 Å². The summed E-state index contributed by atoms with van der Waals surface area (Å²) in [6.45, 7) is 5.87. The van der Waals surface area contributed by atoms with Crippen LogP contribution in [0.3, 0.4) is 0 Å². The number of benzene rings is 1. The fraction of sp³-hybridized carbons (Fsp3) is 0.429. The van der Waals surface area contributed by atoms with Gasteiger partial charge in [0.25, 0.3) is 11.6 Å². The smallest absolute Gasteiger partial charge is 0.288 e. The first-order chi connectivity index (χ1) is 12.7. The number of rotatable bonds is 8. The minimum Gasteiger partial charge on any atom is -0.362 e. The summed E-state index contributed by atoms with van der Waals surface area (Å²) in [4.78, 5) is 12.9. The quantitative estimate of drug-likeness (QED) is 0.332. The molecule has 6 heteroatoms. The van der Waals surface area contributed by atoms with E-state index < -0.39 is 16.9 Å². The molecule has 0 bridgehead atoms. The van der Waals surface area contributed by atoms with Crippen LogP contribution in [-0.4, -0.2) is 21.8 Å². The van der Waals surface area contributed by atoms with Crippen LogP contribution in [-0.2, 0) is 6.54 Å². The summed E-state index contributed by atoms with van der Waals surface area (Å²) in [7, 11) is 0. The third-order valence-electron chi connectivity index (χ3n) is 4.73. The maximum absolute atomic E-state index is 13.5. The van der Waals surface area contributed by atoms with Crippen molar-refractivity contribution in [1.29, 1.82) is 0 Å². The van der Waals surface area contributed by atoms with E-state index in [2.05, 4.69) is 0 Å². The highest BCUT2D eigenvalue weighted by Crippen LogP contribution is 2.42. The molecule has 2 rings (SSSR count). The Morgan fingerprint density at radius 1 is 1.26 bits per heavy atom. The van der Waals surface area contributed by atoms with Gasteiger partial charge in [-0.15, -0.1) is 0 Å². The van der Waals surface area contributed by atoms with E-state index in [1.807, 2.05) is 50.3 Å². The largest absolute Gasteiger partial charge is 0.362 e. The zero-order chi connectivity index (χ0) is 20.0. The molecule has 0 spiro atoms. The van der Waals surface area contributed by atoms with Gasteiger partial charge in [0.05, 0.1) is 10.6 Å². The number of hydrogen-bond acceptors (Lipinski definition) is 3. The van der Waals surface area contributed by atoms with Gasteiger partial charge in [-0.2, -0.15) is 0 Å². The normalized spacial score (nSPS) is 18.2. The van der Waals surface area contributed by atoms with Crippen molar-refractivity contribution in [3.05, 3.63) is 81.2 Å². The molecule has 1 aliphatic rings. The van der Waals surface area contributed by atoms with Crippen LogP contribution < -0.4 is 0 Å². The van der Waals surface area contributed by atoms with Gasteiger partial charge in [0, 0.05) is 31.5 Å². The van der Waals surface area contributed by atoms with E-state index in [4.69, 9.17) is 0 Å². The fourth-order valence-electron chi connectivity index (χ4n) is 3.21. The number of halogens is 2. The van der Waals surface area contributed by atoms with Crippen molar-refractivity contribution >= 4 is 0 Å². The fourth-order valence-corrected chi connectivity index (χ4v) is 3.21. The molecule has 0 aliphatic heterocycles. The van der Waals surface area contributed by atoms with Crippen LogP contribution in [0.2, 0.25) is 0 Å². The van der Waals surface area contributed by atoms with Gasteiger partial charge in [0.2, 0.25) is 0 Å². The van der Waals surface area contributed by atoms with Crippen LogP contribution in [0.25, 0.3) is 0 Å². The summed E-state index contributed by atoms with van der Waals surface area (Å²) in [5.74, 6) is -2.69. The molecule has 0 amide bonds. The van der Waals surface area contributed by atoms with Crippen molar-refractivity contribution in [2.75, 3.05) is 0 Å². The zero-order valence-corrected chi connectivity index (χ0v) is 16.0. The topological polar surface area (TPSA) is 46.4 Å². The molecule has 27 heavy (non-hydrogen) atoms. The first-order valence-corrected chi connectivity index (χ1v) is 9.12. The molecule has 4 nitrogen and oxygen atoms in total. The van der Waals surface area contributed by atoms with Gasteiger partial charge in [-0.25, -0.2) is 8.78 Å². The van der Waals surface area contributed by atoms with Crippen molar-refractivity contribution < 1.29 is 13.7 Å². The summed E-state index contributed by atoms with van der Waals surface area (Å²) < 4.78 is 26.9. The molecule has 1 fully saturated rings. The Morgan fingerprint density at radius 3 is 2.41 bits per heavy atom. The van der Waals surface area contributed by atoms with Crippen LogP contribution in [0.15, 0.2) is 65.5 Å². The average molecular weight is 376 g/mol. The SMILES string of the molecule is CC/C=C(C)/C=C\C(=C(/C)N(Cc1ccccc1)C1CC(F)(F)C1)[N+](=O)[O-]. The van der Waals surface area contributed by atoms with E-state index in [-0.39, 0.29) is 18.5 Å². The lowest BCUT2D eigenvalue weighted by atomic mass is 9.86. The summed E-state index contributed by atoms with van der Waals surface area (Å²) in [6.07, 6.45) is 5.41. The lowest BCUT2D eigenvalue weighted by Crippen LogP contribution is -2.50. The third kappa shape index (κ3) is 5.74. The van der Waals surface area contributed by atoms with Gasteiger partial charge in [-0.3, -0.25) is 10.1 Å². The first-order valence-electron chi connectivity index (χ1n) is 9.12. The number of alkyl halides is 2. The van der Waals surface area contributed by atoms with Crippen molar-refractivity contribution in [2.24, 2.45) is 0 Å². The summed E-state index contributed by atoms with van der Waals surface area (Å²) in [6, 6.07) is 9.00. The third-order valence-corrected chi connectivity index (χ3v) is 4.73. The van der Waals surface area contributed by atoms with Gasteiger partial charge < -0.3 is 4.90 Å². The summed E-state index contributed by atoms with van der Waals surface area (Å²) >= 11 is 0. The van der Waals surface area contributed by atoms with Crippen molar-refractivity contribution in [2.45, 2.75) is 58.5 Å². The second kappa shape index (κ2) is 8.93. The van der Waals surface area contributed by atoms with Crippen LogP contribution in [0.1, 0.15) is 45.6 Å². The standard InChI is InChI=1S/C21H26F2N2O2/c1-4-8-16(2)11-12-20(25(26)27)17(3)24(19-13-21(22,23)14-19)15-18-9-6-5-7-10-18/h5-12,19H,4,13-15H2,1-3H3/b12-11-,16-8+,20-17-. The van der Waals surface area contributed by atoms with Crippen molar-refractivity contribution in [1.82, 2.24) is 4.90 Å². The second-order valence-corrected chi connectivity index (χ2v) is 6.95. The first kappa shape index (κ1) is 20.8. The highest BCUT2D eigenvalue weighted by molar-refractivity contribution is 5.27. The lowest BCUT2D eigenvalue weighted by molar-refractivity contribution is -0.421. The Hall–Kier alpha value is -2.50. The molecule has 146 valence electrons. The molecule has 0 N–H and O–H groups in total. The summed E-state index contributed by atoms with van der Waals surface area (Å²) in [5.41, 5.74) is 2.20. The monoisotopic (exact) mass is 376 g/mol. The number of nitro groups is 1. The maximum atomic E-state index is 13.5. The van der Waals surface area contributed by atoms with Crippen molar-refractivity contribution in [3.8, 4) is 0 Å². The molecule has 0 saturated heterocycles. The summed E-state index contributed by atoms with van der Waals surface area (Å²) in [5, 5.41) is 11.6. The van der Waals surface area contributed by atoms with Gasteiger partial charge in [0.1, 0.15) is 0 Å². The van der Waals surface area contributed by atoms with Crippen LogP contribution in [0.4, 0.5) is 8.78 Å². The predicted octanol–water partition coefficient (Wildman–Crippen LogP) is 5.71. The van der Waals surface area contributed by atoms with Gasteiger partial charge >= 0.3 is 0 Å². The molecule has 1 aromatic rings. The average Bonchev–Trinajstić information content (AvgIpc) is 2.58. The molecular weight excluding hydrogens is 350 g/mol. The highest BCUT2D eigenvalue weighted by atomic mass is 19.3. The molecule has 1 aromatic carbocycles. The van der Waals surface area contributed by atoms with Gasteiger partial charge in [0.15, 0.2) is 0 Å². The number of nitrogens with zero attached hydrogens (tertiary/aromatic N) is 2. The Bertz CT molecular complexity index is 747. The molecule has 1 aliphatic carbocycles. The molecular formula is C21H26F2N2O2. The molecule has 0 atom stereocenters. The molecule has 0 aromatic heterocycles. The van der Waals surface area contributed by atoms with Crippen LogP contribution in [0, 0.1) is 10.1 Å². The second-order valence-electron chi connectivity index (χ2n) is 6.95. The number of allylic oxidation sites excluding steroid dienone is 5. The van der Waals surface area contributed by atoms with Gasteiger partial charge in [-0.1, -0.05) is 55.0 Å². The molecule has 0 unspecified atom stereocenters. The Balaban J connectivity index is 2.36. The minimum absolute atomic E-state index is 0.0648. The van der Waals surface area contributed by atoms with Crippen LogP contribution >= 0.6 is 0 Å². The lowest BCUT2D eigenvalue weighted by Gasteiger charge is -2.44. The van der Waals surface area contributed by atoms with E-state index in [0.717, 1.165) is 17.6 Å². The Labute approximate surface area is 159 Å². The maximum Gasteiger partial charge on any atom is 0.288 e. The van der Waals surface area contributed by atoms with E-state index in [1.54, 1.807) is 17.9 Å². The Morgan fingerprint density at radius 2 is 1.89 bits per heavy atom. The van der Waals surface area contributed by atoms with E-state index in [1.165, 1.54) is 6.08 Å². The number of hydrogen-bond donors (Lipinski definition) is 0. The van der Waals surface area contributed by atoms with Crippen LogP contribution in [0.5, 0.6) is 0 Å². The van der Waals surface area contributed by atoms with E-state index >= 15 is 0 Å². The predicted molar refractivity (Wildman–Crippen MR) is 103 cm³/mol. The molecule has 1 saturated carbocycles. The van der Waals surface area contributed by atoms with Gasteiger partial charge in [-0.05, 0) is 25.8 Å². The zero-order valence-electron chi connectivity index (χ0n) is 16.0. The minimum atomic E-state index is -2.69. The van der Waals surface area contributed by atoms with Crippen molar-refractivity contribution in [3.63, 3.8) is 0 Å². The highest BCUT2D eigenvalue weighted by Gasteiger charge is 2.48. The Kier molecular flexibility index (Phi) is 6.88.